The van der Waals surface area contributed by atoms with Gasteiger partial charge in [-0.3, -0.25) is 4.98 Å². The van der Waals surface area contributed by atoms with Gasteiger partial charge in [-0.25, -0.2) is 0 Å². The molecule has 0 aliphatic heterocycles. The van der Waals surface area contributed by atoms with Crippen LogP contribution in [0.3, 0.4) is 0 Å². The van der Waals surface area contributed by atoms with Gasteiger partial charge in [0.25, 0.3) is 0 Å². The molecule has 0 aliphatic rings. The SMILES string of the molecule is Cc1cc(C(O)Cc2cccc3ccccc23)ccn1. The number of hydrogen-bond acceptors (Lipinski definition) is 2. The molecular formula is C18H17NO. The second kappa shape index (κ2) is 5.43. The molecule has 2 heteroatoms. The lowest BCUT2D eigenvalue weighted by atomic mass is 9.97. The van der Waals surface area contributed by atoms with Crippen LogP contribution in [0.15, 0.2) is 60.8 Å². The highest BCUT2D eigenvalue weighted by Gasteiger charge is 2.10. The standard InChI is InChI=1S/C18H17NO/c1-13-11-16(9-10-19-13)18(20)12-15-7-4-6-14-5-2-3-8-17(14)15/h2-11,18,20H,12H2,1H3. The van der Waals surface area contributed by atoms with Gasteiger partial charge in [0.15, 0.2) is 0 Å². The van der Waals surface area contributed by atoms with Crippen molar-refractivity contribution in [3.63, 3.8) is 0 Å². The molecule has 2 nitrogen and oxygen atoms in total. The van der Waals surface area contributed by atoms with Crippen molar-refractivity contribution in [2.75, 3.05) is 0 Å². The van der Waals surface area contributed by atoms with Gasteiger partial charge in [0.1, 0.15) is 0 Å². The number of benzene rings is 2. The van der Waals surface area contributed by atoms with E-state index in [1.54, 1.807) is 6.20 Å². The molecule has 0 fully saturated rings. The van der Waals surface area contributed by atoms with Crippen molar-refractivity contribution >= 4 is 10.8 Å². The lowest BCUT2D eigenvalue weighted by Crippen LogP contribution is -2.03. The van der Waals surface area contributed by atoms with E-state index >= 15 is 0 Å². The van der Waals surface area contributed by atoms with E-state index < -0.39 is 6.10 Å². The average Bonchev–Trinajstić information content (AvgIpc) is 2.47. The quantitative estimate of drug-likeness (QED) is 0.779. The first-order valence-corrected chi connectivity index (χ1v) is 6.81. The Hall–Kier alpha value is -2.19. The number of rotatable bonds is 3. The van der Waals surface area contributed by atoms with E-state index in [2.05, 4.69) is 29.2 Å². The summed E-state index contributed by atoms with van der Waals surface area (Å²) >= 11 is 0. The van der Waals surface area contributed by atoms with E-state index in [9.17, 15) is 5.11 Å². The van der Waals surface area contributed by atoms with Gasteiger partial charge in [0, 0.05) is 18.3 Å². The Kier molecular flexibility index (Phi) is 3.48. The van der Waals surface area contributed by atoms with E-state index in [0.717, 1.165) is 11.3 Å². The number of aliphatic hydroxyl groups excluding tert-OH is 1. The maximum absolute atomic E-state index is 10.4. The van der Waals surface area contributed by atoms with Gasteiger partial charge < -0.3 is 5.11 Å². The first kappa shape index (κ1) is 12.8. The average molecular weight is 263 g/mol. The van der Waals surface area contributed by atoms with E-state index in [1.165, 1.54) is 16.3 Å². The number of aromatic nitrogens is 1. The number of aryl methyl sites for hydroxylation is 1. The Morgan fingerprint density at radius 2 is 1.85 bits per heavy atom. The molecule has 1 atom stereocenters. The molecule has 0 radical (unpaired) electrons. The molecule has 3 aromatic rings. The highest BCUT2D eigenvalue weighted by atomic mass is 16.3. The zero-order valence-electron chi connectivity index (χ0n) is 11.5. The fraction of sp³-hybridized carbons (Fsp3) is 0.167. The molecule has 1 aromatic heterocycles. The predicted molar refractivity (Wildman–Crippen MR) is 81.6 cm³/mol. The summed E-state index contributed by atoms with van der Waals surface area (Å²) in [5.74, 6) is 0. The fourth-order valence-electron chi connectivity index (χ4n) is 2.57. The predicted octanol–water partition coefficient (Wildman–Crippen LogP) is 3.82. The van der Waals surface area contributed by atoms with Crippen LogP contribution in [-0.2, 0) is 6.42 Å². The first-order chi connectivity index (χ1) is 9.74. The zero-order chi connectivity index (χ0) is 13.9. The largest absolute Gasteiger partial charge is 0.388 e. The maximum atomic E-state index is 10.4. The highest BCUT2D eigenvalue weighted by Crippen LogP contribution is 2.24. The third kappa shape index (κ3) is 2.56. The molecule has 0 spiro atoms. The van der Waals surface area contributed by atoms with Gasteiger partial charge in [-0.1, -0.05) is 42.5 Å². The summed E-state index contributed by atoms with van der Waals surface area (Å²) in [5, 5.41) is 12.8. The molecule has 0 aliphatic carbocycles. The summed E-state index contributed by atoms with van der Waals surface area (Å²) < 4.78 is 0. The zero-order valence-corrected chi connectivity index (χ0v) is 11.5. The van der Waals surface area contributed by atoms with Crippen LogP contribution in [0.25, 0.3) is 10.8 Å². The molecule has 20 heavy (non-hydrogen) atoms. The topological polar surface area (TPSA) is 33.1 Å². The minimum Gasteiger partial charge on any atom is -0.388 e. The van der Waals surface area contributed by atoms with Gasteiger partial charge in [-0.2, -0.15) is 0 Å². The van der Waals surface area contributed by atoms with Crippen molar-refractivity contribution in [3.8, 4) is 0 Å². The minimum atomic E-state index is -0.498. The summed E-state index contributed by atoms with van der Waals surface area (Å²) in [6, 6.07) is 18.3. The normalized spacial score (nSPS) is 12.5. The second-order valence-electron chi connectivity index (χ2n) is 5.09. The summed E-state index contributed by atoms with van der Waals surface area (Å²) in [6.45, 7) is 1.94. The van der Waals surface area contributed by atoms with Crippen molar-refractivity contribution in [3.05, 3.63) is 77.6 Å². The Bertz CT molecular complexity index is 731. The third-order valence-electron chi connectivity index (χ3n) is 3.60. The Balaban J connectivity index is 1.93. The van der Waals surface area contributed by atoms with Gasteiger partial charge in [-0.15, -0.1) is 0 Å². The van der Waals surface area contributed by atoms with Crippen LogP contribution in [0.1, 0.15) is 22.9 Å². The minimum absolute atomic E-state index is 0.498. The molecule has 100 valence electrons. The van der Waals surface area contributed by atoms with Crippen molar-refractivity contribution < 1.29 is 5.11 Å². The fourth-order valence-corrected chi connectivity index (χ4v) is 2.57. The van der Waals surface area contributed by atoms with Crippen LogP contribution in [0.4, 0.5) is 0 Å². The summed E-state index contributed by atoms with van der Waals surface area (Å²) in [5.41, 5.74) is 3.02. The van der Waals surface area contributed by atoms with Crippen LogP contribution < -0.4 is 0 Å². The second-order valence-corrected chi connectivity index (χ2v) is 5.09. The van der Waals surface area contributed by atoms with Crippen molar-refractivity contribution in [1.82, 2.24) is 4.98 Å². The van der Waals surface area contributed by atoms with Crippen LogP contribution in [0.5, 0.6) is 0 Å². The molecule has 1 heterocycles. The van der Waals surface area contributed by atoms with Crippen LogP contribution >= 0.6 is 0 Å². The van der Waals surface area contributed by atoms with Crippen LogP contribution in [0, 0.1) is 6.92 Å². The summed E-state index contributed by atoms with van der Waals surface area (Å²) in [6.07, 6.45) is 1.87. The van der Waals surface area contributed by atoms with Gasteiger partial charge >= 0.3 is 0 Å². The Labute approximate surface area is 118 Å². The van der Waals surface area contributed by atoms with Gasteiger partial charge in [0.05, 0.1) is 6.10 Å². The molecule has 2 aromatic carbocycles. The molecule has 0 bridgehead atoms. The van der Waals surface area contributed by atoms with Crippen molar-refractivity contribution in [2.24, 2.45) is 0 Å². The van der Waals surface area contributed by atoms with Crippen LogP contribution in [0.2, 0.25) is 0 Å². The van der Waals surface area contributed by atoms with Gasteiger partial charge in [-0.05, 0) is 41.0 Å². The number of pyridine rings is 1. The Morgan fingerprint density at radius 1 is 1.05 bits per heavy atom. The third-order valence-corrected chi connectivity index (χ3v) is 3.60. The molecular weight excluding hydrogens is 246 g/mol. The monoisotopic (exact) mass is 263 g/mol. The van der Waals surface area contributed by atoms with Crippen molar-refractivity contribution in [1.29, 1.82) is 0 Å². The first-order valence-electron chi connectivity index (χ1n) is 6.81. The molecule has 0 saturated heterocycles. The number of fused-ring (bicyclic) bond motifs is 1. The molecule has 0 saturated carbocycles. The number of hydrogen-bond donors (Lipinski definition) is 1. The molecule has 1 unspecified atom stereocenters. The van der Waals surface area contributed by atoms with E-state index in [-0.39, 0.29) is 0 Å². The number of aliphatic hydroxyl groups is 1. The van der Waals surface area contributed by atoms with Crippen LogP contribution in [-0.4, -0.2) is 10.1 Å². The van der Waals surface area contributed by atoms with Gasteiger partial charge in [0.2, 0.25) is 0 Å². The smallest absolute Gasteiger partial charge is 0.0831 e. The van der Waals surface area contributed by atoms with Crippen molar-refractivity contribution in [2.45, 2.75) is 19.4 Å². The summed E-state index contributed by atoms with van der Waals surface area (Å²) in [7, 11) is 0. The summed E-state index contributed by atoms with van der Waals surface area (Å²) in [4.78, 5) is 4.17. The lowest BCUT2D eigenvalue weighted by Gasteiger charge is -2.13. The maximum Gasteiger partial charge on any atom is 0.0831 e. The highest BCUT2D eigenvalue weighted by molar-refractivity contribution is 5.85. The molecule has 3 rings (SSSR count). The Morgan fingerprint density at radius 3 is 2.70 bits per heavy atom. The van der Waals surface area contributed by atoms with E-state index in [1.807, 2.05) is 37.3 Å². The molecule has 0 amide bonds. The van der Waals surface area contributed by atoms with E-state index in [0.29, 0.717) is 6.42 Å². The lowest BCUT2D eigenvalue weighted by molar-refractivity contribution is 0.178. The molecule has 1 N–H and O–H groups in total. The van der Waals surface area contributed by atoms with E-state index in [4.69, 9.17) is 0 Å². The number of nitrogens with zero attached hydrogens (tertiary/aromatic N) is 1.